The Hall–Kier alpha value is -4.22. The smallest absolute Gasteiger partial charge is 0.191 e. The predicted octanol–water partition coefficient (Wildman–Crippen LogP) is 5.22. The highest BCUT2D eigenvalue weighted by atomic mass is 19.2. The van der Waals surface area contributed by atoms with Crippen molar-refractivity contribution in [1.82, 2.24) is 0 Å². The van der Waals surface area contributed by atoms with Crippen molar-refractivity contribution in [3.05, 3.63) is 117 Å². The minimum atomic E-state index is -6.18. The van der Waals surface area contributed by atoms with Crippen LogP contribution in [0.15, 0.2) is 24.3 Å². The van der Waals surface area contributed by atoms with Gasteiger partial charge in [-0.25, -0.2) is 70.2 Å². The molecule has 0 bridgehead atoms. The van der Waals surface area contributed by atoms with Crippen molar-refractivity contribution in [2.24, 2.45) is 0 Å². The zero-order valence-corrected chi connectivity index (χ0v) is 24.6. The highest BCUT2D eigenvalue weighted by Crippen LogP contribution is 2.27. The number of hydrogen-bond donors (Lipinski definition) is 1. The lowest BCUT2D eigenvalue weighted by Gasteiger charge is -2.44. The second-order valence-electron chi connectivity index (χ2n) is 10.7. The van der Waals surface area contributed by atoms with Crippen LogP contribution in [0.1, 0.15) is 19.8 Å². The molecule has 0 unspecified atom stereocenters. The monoisotopic (exact) mass is 709 g/mol. The Morgan fingerprint density at radius 1 is 0.396 bits per heavy atom. The Morgan fingerprint density at radius 3 is 0.792 bits per heavy atom. The molecular weight excluding hydrogens is 689 g/mol. The van der Waals surface area contributed by atoms with E-state index in [4.69, 9.17) is 0 Å². The fourth-order valence-electron chi connectivity index (χ4n) is 5.31. The number of rotatable bonds is 7. The summed E-state index contributed by atoms with van der Waals surface area (Å²) in [6.45, 7) is 3.54. The van der Waals surface area contributed by atoms with Crippen LogP contribution in [0.2, 0.25) is 0 Å². The van der Waals surface area contributed by atoms with E-state index < -0.39 is 145 Å². The molecule has 0 radical (unpaired) electrons. The minimum absolute atomic E-state index is 0.731. The minimum Gasteiger partial charge on any atom is -0.340 e. The zero-order valence-electron chi connectivity index (χ0n) is 24.6. The first kappa shape index (κ1) is 38.2. The van der Waals surface area contributed by atoms with E-state index in [2.05, 4.69) is 21.0 Å². The highest BCUT2D eigenvalue weighted by Gasteiger charge is 2.49. The molecule has 0 heterocycles. The van der Waals surface area contributed by atoms with Crippen LogP contribution in [0, 0.1) is 93.1 Å². The van der Waals surface area contributed by atoms with Crippen molar-refractivity contribution in [2.75, 3.05) is 20.6 Å². The van der Waals surface area contributed by atoms with E-state index >= 15 is 35.1 Å². The summed E-state index contributed by atoms with van der Waals surface area (Å²) in [7, 11) is 4.38. The van der Waals surface area contributed by atoms with Gasteiger partial charge in [0.05, 0.1) is 43.9 Å². The SMILES string of the molecule is CCCC[NH+](C)C.Fc1cc(F)c([B-](c2c(F)cc(F)c(F)c2F)(c2c(F)cc(F)c(F)c2F)c2c(F)cc(F)c(F)c2F)c(F)c1F. The molecule has 0 amide bonds. The van der Waals surface area contributed by atoms with E-state index in [-0.39, 0.29) is 0 Å². The molecule has 48 heavy (non-hydrogen) atoms. The topological polar surface area (TPSA) is 4.44 Å². The summed E-state index contributed by atoms with van der Waals surface area (Å²) in [4.78, 5) is 1.56. The molecule has 1 nitrogen and oxygen atoms in total. The van der Waals surface area contributed by atoms with Crippen LogP contribution in [0.5, 0.6) is 0 Å². The van der Waals surface area contributed by atoms with E-state index in [0.717, 1.165) is 0 Å². The van der Waals surface area contributed by atoms with E-state index in [0.29, 0.717) is 0 Å². The summed E-state index contributed by atoms with van der Waals surface area (Å²) in [5.74, 6) is -45.1. The van der Waals surface area contributed by atoms with Crippen LogP contribution in [-0.2, 0) is 0 Å². The fourth-order valence-corrected chi connectivity index (χ4v) is 5.31. The molecule has 0 saturated carbocycles. The van der Waals surface area contributed by atoms with Crippen molar-refractivity contribution in [3.63, 3.8) is 0 Å². The molecule has 0 atom stereocenters. The van der Waals surface area contributed by atoms with Crippen molar-refractivity contribution >= 4 is 28.0 Å². The number of benzene rings is 4. The van der Waals surface area contributed by atoms with E-state index in [1.807, 2.05) is 0 Å². The molecule has 0 aliphatic heterocycles. The molecule has 18 heteroatoms. The quantitative estimate of drug-likeness (QED) is 0.116. The summed E-state index contributed by atoms with van der Waals surface area (Å²) < 4.78 is 235. The normalized spacial score (nSPS) is 11.7. The summed E-state index contributed by atoms with van der Waals surface area (Å²) in [5, 5.41) is 0. The maximum atomic E-state index is 15.3. The van der Waals surface area contributed by atoms with Crippen molar-refractivity contribution in [1.29, 1.82) is 0 Å². The Morgan fingerprint density at radius 2 is 0.625 bits per heavy atom. The van der Waals surface area contributed by atoms with Gasteiger partial charge in [0, 0.05) is 24.3 Å². The van der Waals surface area contributed by atoms with Gasteiger partial charge in [-0.1, -0.05) is 13.3 Å². The third kappa shape index (κ3) is 6.45. The van der Waals surface area contributed by atoms with Gasteiger partial charge in [0.15, 0.2) is 46.5 Å². The van der Waals surface area contributed by atoms with Gasteiger partial charge in [-0.15, -0.1) is 21.9 Å². The average molecular weight is 709 g/mol. The Kier molecular flexibility index (Phi) is 11.5. The van der Waals surface area contributed by atoms with E-state index in [1.54, 1.807) is 4.90 Å². The third-order valence-corrected chi connectivity index (χ3v) is 7.36. The van der Waals surface area contributed by atoms with Gasteiger partial charge in [0.2, 0.25) is 0 Å². The van der Waals surface area contributed by atoms with Crippen LogP contribution in [0.4, 0.5) is 70.2 Å². The molecule has 1 N–H and O–H groups in total. The lowest BCUT2D eigenvalue weighted by molar-refractivity contribution is -0.858. The first-order valence-corrected chi connectivity index (χ1v) is 13.5. The van der Waals surface area contributed by atoms with Crippen LogP contribution >= 0.6 is 0 Å². The number of hydrogen-bond acceptors (Lipinski definition) is 0. The van der Waals surface area contributed by atoms with Gasteiger partial charge >= 0.3 is 0 Å². The van der Waals surface area contributed by atoms with Gasteiger partial charge in [0.1, 0.15) is 29.4 Å². The lowest BCUT2D eigenvalue weighted by atomic mass is 9.12. The maximum absolute atomic E-state index is 15.3. The summed E-state index contributed by atoms with van der Waals surface area (Å²) in [6.07, 6.45) is -3.49. The number of unbranched alkanes of at least 4 members (excludes halogenated alkanes) is 1. The number of quaternary nitrogens is 1. The summed E-state index contributed by atoms with van der Waals surface area (Å²) in [6, 6.07) is -2.92. The Bertz CT molecular complexity index is 1620. The lowest BCUT2D eigenvalue weighted by Crippen LogP contribution is -3.05. The molecule has 4 aromatic carbocycles. The Balaban J connectivity index is 0.000000804. The maximum Gasteiger partial charge on any atom is 0.191 e. The molecule has 4 rings (SSSR count). The summed E-state index contributed by atoms with van der Waals surface area (Å²) in [5.41, 5.74) is -10.9. The standard InChI is InChI=1S/C24H4BF16.C6H15N/c26-5-1-9(30)17(34)21(38)13(5)25(14-6(27)2-10(31)18(35)22(14)39,15-7(28)3-11(32)19(36)23(15)40)16-8(29)4-12(33)20(37)24(16)41;1-4-5-6-7(2)3/h1-4H;4-6H2,1-3H3/q-1;/p+1. The van der Waals surface area contributed by atoms with E-state index in [9.17, 15) is 35.1 Å². The van der Waals surface area contributed by atoms with Crippen LogP contribution < -0.4 is 26.8 Å². The molecule has 0 aliphatic rings. The first-order chi connectivity index (χ1) is 22.3. The molecule has 0 fully saturated rings. The second-order valence-corrected chi connectivity index (χ2v) is 10.7. The van der Waals surface area contributed by atoms with Crippen LogP contribution in [-0.4, -0.2) is 26.8 Å². The third-order valence-electron chi connectivity index (χ3n) is 7.36. The Labute approximate surface area is 261 Å². The average Bonchev–Trinajstić information content (AvgIpc) is 2.99. The predicted molar refractivity (Wildman–Crippen MR) is 142 cm³/mol. The van der Waals surface area contributed by atoms with Crippen LogP contribution in [0.3, 0.4) is 0 Å². The van der Waals surface area contributed by atoms with Gasteiger partial charge in [0.25, 0.3) is 0 Å². The van der Waals surface area contributed by atoms with Gasteiger partial charge in [-0.05, 0) is 6.42 Å². The molecular formula is C30H20BF16N. The number of nitrogens with one attached hydrogen (secondary N) is 1. The highest BCUT2D eigenvalue weighted by molar-refractivity contribution is 7.20. The molecule has 260 valence electrons. The van der Waals surface area contributed by atoms with Crippen molar-refractivity contribution in [3.8, 4) is 0 Å². The second kappa shape index (κ2) is 14.5. The molecule has 4 aromatic rings. The molecule has 0 aliphatic carbocycles. The molecule has 0 aromatic heterocycles. The zero-order chi connectivity index (χ0) is 36.6. The van der Waals surface area contributed by atoms with Gasteiger partial charge in [-0.2, -0.15) is 0 Å². The van der Waals surface area contributed by atoms with Crippen molar-refractivity contribution < 1.29 is 75.1 Å². The first-order valence-electron chi connectivity index (χ1n) is 13.5. The molecule has 0 saturated heterocycles. The molecule has 0 spiro atoms. The van der Waals surface area contributed by atoms with Crippen molar-refractivity contribution in [2.45, 2.75) is 19.8 Å². The largest absolute Gasteiger partial charge is 0.340 e. The van der Waals surface area contributed by atoms with E-state index in [1.165, 1.54) is 19.4 Å². The van der Waals surface area contributed by atoms with Crippen LogP contribution in [0.25, 0.3) is 0 Å². The summed E-state index contributed by atoms with van der Waals surface area (Å²) >= 11 is 0. The van der Waals surface area contributed by atoms with Gasteiger partial charge < -0.3 is 4.90 Å². The van der Waals surface area contributed by atoms with Gasteiger partial charge in [-0.3, -0.25) is 0 Å². The number of halogens is 16. The fraction of sp³-hybridized carbons (Fsp3) is 0.200.